The van der Waals surface area contributed by atoms with Crippen LogP contribution in [0.5, 0.6) is 5.75 Å². The van der Waals surface area contributed by atoms with E-state index in [1.54, 1.807) is 36.2 Å². The molecule has 1 heterocycles. The van der Waals surface area contributed by atoms with Crippen molar-refractivity contribution in [1.82, 2.24) is 9.78 Å². The zero-order valence-corrected chi connectivity index (χ0v) is 14.9. The zero-order chi connectivity index (χ0) is 18.6. The lowest BCUT2D eigenvalue weighted by Gasteiger charge is -2.18. The second kappa shape index (κ2) is 7.83. The highest BCUT2D eigenvalue weighted by atomic mass is 16.5. The fourth-order valence-corrected chi connectivity index (χ4v) is 2.63. The van der Waals surface area contributed by atoms with Crippen LogP contribution in [0.2, 0.25) is 0 Å². The Morgan fingerprint density at radius 2 is 1.88 bits per heavy atom. The van der Waals surface area contributed by atoms with Crippen LogP contribution in [0, 0.1) is 13.8 Å². The predicted octanol–water partition coefficient (Wildman–Crippen LogP) is 2.65. The Kier molecular flexibility index (Phi) is 5.80. The van der Waals surface area contributed by atoms with Crippen LogP contribution in [0.25, 0.3) is 0 Å². The Morgan fingerprint density at radius 1 is 1.24 bits per heavy atom. The van der Waals surface area contributed by atoms with E-state index in [0.717, 1.165) is 18.7 Å². The van der Waals surface area contributed by atoms with E-state index >= 15 is 0 Å². The number of anilines is 1. The fraction of sp³-hybridized carbons (Fsp3) is 0.389. The first-order valence-electron chi connectivity index (χ1n) is 8.11. The van der Waals surface area contributed by atoms with E-state index in [4.69, 9.17) is 9.84 Å². The number of amides is 1. The molecule has 0 radical (unpaired) electrons. The van der Waals surface area contributed by atoms with Gasteiger partial charge in [0.05, 0.1) is 11.3 Å². The molecule has 0 saturated carbocycles. The molecule has 0 aliphatic rings. The van der Waals surface area contributed by atoms with Crippen LogP contribution in [0.4, 0.5) is 5.69 Å². The average Bonchev–Trinajstić information content (AvgIpc) is 2.86. The molecule has 2 aromatic rings. The second-order valence-electron chi connectivity index (χ2n) is 5.81. The van der Waals surface area contributed by atoms with Crippen LogP contribution in [0.3, 0.4) is 0 Å². The first-order valence-corrected chi connectivity index (χ1v) is 8.11. The van der Waals surface area contributed by atoms with Crippen LogP contribution in [-0.4, -0.2) is 40.4 Å². The molecule has 7 heteroatoms. The molecule has 1 amide bonds. The number of aliphatic carboxylic acids is 1. The summed E-state index contributed by atoms with van der Waals surface area (Å²) in [5.41, 5.74) is 2.87. The molecule has 0 spiro atoms. The van der Waals surface area contributed by atoms with Crippen molar-refractivity contribution in [2.45, 2.75) is 33.7 Å². The van der Waals surface area contributed by atoms with E-state index in [-0.39, 0.29) is 5.91 Å². The summed E-state index contributed by atoms with van der Waals surface area (Å²) in [6.45, 7) is 6.18. The van der Waals surface area contributed by atoms with E-state index in [9.17, 15) is 9.59 Å². The number of carbonyl (C=O) groups is 2. The SMILES string of the molecule is CCCn1nc(C)c(C(=O)N(C)c2ccc(OCC(=O)O)cc2)c1C. The molecular formula is C18H23N3O4. The van der Waals surface area contributed by atoms with Crippen molar-refractivity contribution in [2.75, 3.05) is 18.6 Å². The number of aromatic nitrogens is 2. The van der Waals surface area contributed by atoms with Gasteiger partial charge in [-0.2, -0.15) is 5.10 Å². The van der Waals surface area contributed by atoms with Crippen LogP contribution >= 0.6 is 0 Å². The van der Waals surface area contributed by atoms with Crippen molar-refractivity contribution in [1.29, 1.82) is 0 Å². The molecule has 7 nitrogen and oxygen atoms in total. The van der Waals surface area contributed by atoms with Gasteiger partial charge in [-0.25, -0.2) is 4.79 Å². The predicted molar refractivity (Wildman–Crippen MR) is 94.3 cm³/mol. The van der Waals surface area contributed by atoms with E-state index < -0.39 is 12.6 Å². The number of hydrogen-bond acceptors (Lipinski definition) is 4. The minimum atomic E-state index is -1.04. The third-order valence-corrected chi connectivity index (χ3v) is 3.92. The monoisotopic (exact) mass is 345 g/mol. The minimum absolute atomic E-state index is 0.128. The summed E-state index contributed by atoms with van der Waals surface area (Å²) in [4.78, 5) is 24.9. The van der Waals surface area contributed by atoms with Gasteiger partial charge in [0.2, 0.25) is 0 Å². The van der Waals surface area contributed by atoms with Crippen molar-refractivity contribution in [3.05, 3.63) is 41.2 Å². The molecule has 0 atom stereocenters. The maximum atomic E-state index is 12.9. The van der Waals surface area contributed by atoms with E-state index in [2.05, 4.69) is 12.0 Å². The first-order chi connectivity index (χ1) is 11.8. The van der Waals surface area contributed by atoms with E-state index in [1.807, 2.05) is 18.5 Å². The van der Waals surface area contributed by atoms with Crippen LogP contribution in [0.15, 0.2) is 24.3 Å². The maximum Gasteiger partial charge on any atom is 0.341 e. The minimum Gasteiger partial charge on any atom is -0.482 e. The summed E-state index contributed by atoms with van der Waals surface area (Å²) < 4.78 is 6.96. The molecule has 0 bridgehead atoms. The van der Waals surface area contributed by atoms with Crippen LogP contribution in [0.1, 0.15) is 35.1 Å². The Hall–Kier alpha value is -2.83. The van der Waals surface area contributed by atoms with Gasteiger partial charge in [-0.05, 0) is 44.5 Å². The maximum absolute atomic E-state index is 12.9. The molecule has 25 heavy (non-hydrogen) atoms. The number of rotatable bonds is 7. The number of benzene rings is 1. The summed E-state index contributed by atoms with van der Waals surface area (Å²) in [6.07, 6.45) is 0.948. The molecule has 0 unspecified atom stereocenters. The molecule has 1 N–H and O–H groups in total. The van der Waals surface area contributed by atoms with Gasteiger partial charge in [-0.15, -0.1) is 0 Å². The summed E-state index contributed by atoms with van der Waals surface area (Å²) in [6, 6.07) is 6.72. The Labute approximate surface area is 146 Å². The molecular weight excluding hydrogens is 322 g/mol. The first kappa shape index (κ1) is 18.5. The van der Waals surface area contributed by atoms with Gasteiger partial charge in [0.25, 0.3) is 5.91 Å². The smallest absolute Gasteiger partial charge is 0.341 e. The number of hydrogen-bond donors (Lipinski definition) is 1. The highest BCUT2D eigenvalue weighted by Gasteiger charge is 2.22. The standard InChI is InChI=1S/C18H23N3O4/c1-5-10-21-13(3)17(12(2)19-21)18(24)20(4)14-6-8-15(9-7-14)25-11-16(22)23/h6-9H,5,10-11H2,1-4H3,(H,22,23). The number of carbonyl (C=O) groups excluding carboxylic acids is 1. The molecule has 2 rings (SSSR count). The van der Waals surface area contributed by atoms with Gasteiger partial charge in [0.15, 0.2) is 6.61 Å². The number of carboxylic acid groups (broad SMARTS) is 1. The lowest BCUT2D eigenvalue weighted by atomic mass is 10.1. The summed E-state index contributed by atoms with van der Waals surface area (Å²) in [5, 5.41) is 13.1. The Balaban J connectivity index is 2.18. The van der Waals surface area contributed by atoms with E-state index in [1.165, 1.54) is 0 Å². The number of carboxylic acids is 1. The molecule has 0 saturated heterocycles. The van der Waals surface area contributed by atoms with Crippen LogP contribution in [-0.2, 0) is 11.3 Å². The Morgan fingerprint density at radius 3 is 2.44 bits per heavy atom. The zero-order valence-electron chi connectivity index (χ0n) is 14.9. The molecule has 1 aromatic carbocycles. The van der Waals surface area contributed by atoms with Gasteiger partial charge in [0.1, 0.15) is 5.75 Å². The molecule has 1 aromatic heterocycles. The number of ether oxygens (including phenoxy) is 1. The summed E-state index contributed by atoms with van der Waals surface area (Å²) >= 11 is 0. The van der Waals surface area contributed by atoms with Crippen molar-refractivity contribution < 1.29 is 19.4 Å². The Bertz CT molecular complexity index is 765. The quantitative estimate of drug-likeness (QED) is 0.834. The van der Waals surface area contributed by atoms with Gasteiger partial charge in [-0.1, -0.05) is 6.92 Å². The van der Waals surface area contributed by atoms with Gasteiger partial charge < -0.3 is 14.7 Å². The van der Waals surface area contributed by atoms with Crippen molar-refractivity contribution in [3.8, 4) is 5.75 Å². The fourth-order valence-electron chi connectivity index (χ4n) is 2.63. The largest absolute Gasteiger partial charge is 0.482 e. The number of nitrogens with zero attached hydrogens (tertiary/aromatic N) is 3. The van der Waals surface area contributed by atoms with E-state index in [0.29, 0.717) is 22.7 Å². The van der Waals surface area contributed by atoms with Gasteiger partial charge in [-0.3, -0.25) is 9.48 Å². The number of aryl methyl sites for hydroxylation is 2. The summed E-state index contributed by atoms with van der Waals surface area (Å²) in [5.74, 6) is -0.724. The highest BCUT2D eigenvalue weighted by molar-refractivity contribution is 6.07. The van der Waals surface area contributed by atoms with Crippen molar-refractivity contribution >= 4 is 17.6 Å². The van der Waals surface area contributed by atoms with Gasteiger partial charge in [0, 0.05) is 25.0 Å². The molecule has 0 aliphatic heterocycles. The third kappa shape index (κ3) is 4.17. The molecule has 0 aliphatic carbocycles. The lowest BCUT2D eigenvalue weighted by Crippen LogP contribution is -2.27. The molecule has 134 valence electrons. The average molecular weight is 345 g/mol. The molecule has 0 fully saturated rings. The summed E-state index contributed by atoms with van der Waals surface area (Å²) in [7, 11) is 1.70. The topological polar surface area (TPSA) is 84.7 Å². The second-order valence-corrected chi connectivity index (χ2v) is 5.81. The highest BCUT2D eigenvalue weighted by Crippen LogP contribution is 2.22. The van der Waals surface area contributed by atoms with Crippen molar-refractivity contribution in [3.63, 3.8) is 0 Å². The third-order valence-electron chi connectivity index (χ3n) is 3.92. The van der Waals surface area contributed by atoms with Crippen molar-refractivity contribution in [2.24, 2.45) is 0 Å². The van der Waals surface area contributed by atoms with Crippen LogP contribution < -0.4 is 9.64 Å². The lowest BCUT2D eigenvalue weighted by molar-refractivity contribution is -0.139. The normalized spacial score (nSPS) is 10.6. The van der Waals surface area contributed by atoms with Gasteiger partial charge >= 0.3 is 5.97 Å².